The number of amides is 2. The number of nitrogens with zero attached hydrogens (tertiary/aromatic N) is 4. The minimum Gasteiger partial charge on any atom is -0.354 e. The van der Waals surface area contributed by atoms with Crippen LogP contribution < -0.4 is 15.5 Å². The van der Waals surface area contributed by atoms with Crippen molar-refractivity contribution in [2.75, 3.05) is 51.2 Å². The Labute approximate surface area is 195 Å². The number of likely N-dealkylation sites (tertiary alicyclic amines) is 1. The lowest BCUT2D eigenvalue weighted by molar-refractivity contribution is 0.186. The molecule has 2 amide bonds. The summed E-state index contributed by atoms with van der Waals surface area (Å²) < 4.78 is 0. The van der Waals surface area contributed by atoms with Gasteiger partial charge in [-0.15, -0.1) is 0 Å². The van der Waals surface area contributed by atoms with Crippen molar-refractivity contribution in [3.8, 4) is 0 Å². The number of piperazine rings is 1. The smallest absolute Gasteiger partial charge is 0.315 e. The molecule has 2 saturated heterocycles. The highest BCUT2D eigenvalue weighted by atomic mass is 35.5. The molecule has 0 spiro atoms. The number of pyridine rings is 1. The molecule has 7 nitrogen and oxygen atoms in total. The van der Waals surface area contributed by atoms with Gasteiger partial charge in [-0.25, -0.2) is 9.78 Å². The maximum atomic E-state index is 12.4. The number of hydrogen-bond donors (Lipinski definition) is 2. The zero-order chi connectivity index (χ0) is 22.3. The molecule has 1 aromatic carbocycles. The molecule has 2 aliphatic rings. The van der Waals surface area contributed by atoms with Gasteiger partial charge in [0.15, 0.2) is 0 Å². The number of benzene rings is 1. The van der Waals surface area contributed by atoms with Crippen LogP contribution >= 0.6 is 11.6 Å². The van der Waals surface area contributed by atoms with Gasteiger partial charge in [0.05, 0.1) is 0 Å². The maximum absolute atomic E-state index is 12.4. The second-order valence-electron chi connectivity index (χ2n) is 8.82. The molecular weight excluding hydrogens is 424 g/mol. The third-order valence-electron chi connectivity index (χ3n) is 6.33. The molecule has 8 heteroatoms. The summed E-state index contributed by atoms with van der Waals surface area (Å²) in [7, 11) is 2.15. The van der Waals surface area contributed by atoms with Crippen molar-refractivity contribution in [3.63, 3.8) is 0 Å². The predicted octanol–water partition coefficient (Wildman–Crippen LogP) is 2.95. The first-order chi connectivity index (χ1) is 15.5. The van der Waals surface area contributed by atoms with E-state index in [1.54, 1.807) is 0 Å². The summed E-state index contributed by atoms with van der Waals surface area (Å²) in [5, 5.41) is 6.86. The van der Waals surface area contributed by atoms with Crippen LogP contribution in [0.5, 0.6) is 0 Å². The van der Waals surface area contributed by atoms with Gasteiger partial charge in [-0.1, -0.05) is 29.8 Å². The second kappa shape index (κ2) is 11.0. The van der Waals surface area contributed by atoms with Crippen LogP contribution in [0.3, 0.4) is 0 Å². The summed E-state index contributed by atoms with van der Waals surface area (Å²) in [5.74, 6) is 1.01. The van der Waals surface area contributed by atoms with E-state index in [2.05, 4.69) is 61.6 Å². The molecule has 2 aliphatic heterocycles. The molecule has 0 bridgehead atoms. The molecule has 2 N–H and O–H groups in total. The van der Waals surface area contributed by atoms with Crippen molar-refractivity contribution in [2.45, 2.75) is 32.0 Å². The molecule has 0 unspecified atom stereocenters. The molecular formula is C24H33ClN6O. The highest BCUT2D eigenvalue weighted by Gasteiger charge is 2.21. The number of carbonyl (C=O) groups is 1. The Morgan fingerprint density at radius 1 is 1.00 bits per heavy atom. The average molecular weight is 457 g/mol. The molecule has 0 aliphatic carbocycles. The van der Waals surface area contributed by atoms with Gasteiger partial charge in [0, 0.05) is 69.6 Å². The van der Waals surface area contributed by atoms with E-state index >= 15 is 0 Å². The topological polar surface area (TPSA) is 63.7 Å². The lowest BCUT2D eigenvalue weighted by Crippen LogP contribution is -2.47. The number of halogens is 1. The zero-order valence-electron chi connectivity index (χ0n) is 18.8. The van der Waals surface area contributed by atoms with Crippen molar-refractivity contribution in [1.29, 1.82) is 0 Å². The number of aromatic nitrogens is 1. The van der Waals surface area contributed by atoms with Crippen molar-refractivity contribution < 1.29 is 4.79 Å². The highest BCUT2D eigenvalue weighted by molar-refractivity contribution is 6.30. The van der Waals surface area contributed by atoms with Crippen LogP contribution in [-0.2, 0) is 13.1 Å². The summed E-state index contributed by atoms with van der Waals surface area (Å²) in [6.45, 7) is 7.49. The summed E-state index contributed by atoms with van der Waals surface area (Å²) >= 11 is 5.96. The van der Waals surface area contributed by atoms with E-state index in [0.29, 0.717) is 6.54 Å². The van der Waals surface area contributed by atoms with E-state index in [4.69, 9.17) is 11.6 Å². The van der Waals surface area contributed by atoms with Crippen LogP contribution in [-0.4, -0.2) is 73.2 Å². The van der Waals surface area contributed by atoms with Crippen LogP contribution in [0.15, 0.2) is 42.6 Å². The van der Waals surface area contributed by atoms with Crippen LogP contribution in [0.2, 0.25) is 5.02 Å². The van der Waals surface area contributed by atoms with Crippen LogP contribution in [0.4, 0.5) is 10.6 Å². The molecule has 2 fully saturated rings. The summed E-state index contributed by atoms with van der Waals surface area (Å²) in [6.07, 6.45) is 3.79. The Morgan fingerprint density at radius 2 is 1.69 bits per heavy atom. The normalized spacial score (nSPS) is 18.5. The summed E-state index contributed by atoms with van der Waals surface area (Å²) in [4.78, 5) is 24.0. The second-order valence-corrected chi connectivity index (χ2v) is 9.26. The number of urea groups is 1. The van der Waals surface area contributed by atoms with Gasteiger partial charge in [0.2, 0.25) is 0 Å². The first-order valence-electron chi connectivity index (χ1n) is 11.4. The number of carbonyl (C=O) groups excluding carboxylic acids is 1. The van der Waals surface area contributed by atoms with Gasteiger partial charge in [-0.3, -0.25) is 4.90 Å². The molecule has 3 heterocycles. The van der Waals surface area contributed by atoms with Gasteiger partial charge >= 0.3 is 6.03 Å². The van der Waals surface area contributed by atoms with Gasteiger partial charge in [-0.05, 0) is 49.2 Å². The van der Waals surface area contributed by atoms with Crippen molar-refractivity contribution in [1.82, 2.24) is 25.4 Å². The van der Waals surface area contributed by atoms with Gasteiger partial charge < -0.3 is 20.4 Å². The number of rotatable bonds is 6. The van der Waals surface area contributed by atoms with Crippen LogP contribution in [0.25, 0.3) is 0 Å². The number of likely N-dealkylation sites (N-methyl/N-ethyl adjacent to an activating group) is 1. The van der Waals surface area contributed by atoms with Crippen molar-refractivity contribution >= 4 is 23.4 Å². The standard InChI is InChI=1S/C24H33ClN6O/c1-29-12-14-31(15-13-29)23-7-4-20(16-26-23)17-27-24(32)28-22-8-10-30(11-9-22)18-19-2-5-21(25)6-3-19/h2-7,16,22H,8-15,17-18H2,1H3,(H2,27,28,32). The molecule has 172 valence electrons. The Morgan fingerprint density at radius 3 is 2.34 bits per heavy atom. The first kappa shape index (κ1) is 22.8. The number of piperidine rings is 1. The largest absolute Gasteiger partial charge is 0.354 e. The third kappa shape index (κ3) is 6.58. The third-order valence-corrected chi connectivity index (χ3v) is 6.58. The minimum absolute atomic E-state index is 0.107. The van der Waals surface area contributed by atoms with E-state index in [1.807, 2.05) is 18.3 Å². The van der Waals surface area contributed by atoms with E-state index in [9.17, 15) is 4.79 Å². The SMILES string of the molecule is CN1CCN(c2ccc(CNC(=O)NC3CCN(Cc4ccc(Cl)cc4)CC3)cn2)CC1. The van der Waals surface area contributed by atoms with Gasteiger partial charge in [0.25, 0.3) is 0 Å². The van der Waals surface area contributed by atoms with E-state index in [0.717, 1.165) is 75.1 Å². The zero-order valence-corrected chi connectivity index (χ0v) is 19.5. The molecule has 4 rings (SSSR count). The predicted molar refractivity (Wildman–Crippen MR) is 129 cm³/mol. The van der Waals surface area contributed by atoms with Crippen molar-refractivity contribution in [2.24, 2.45) is 0 Å². The Balaban J connectivity index is 1.15. The minimum atomic E-state index is -0.107. The Bertz CT molecular complexity index is 859. The van der Waals surface area contributed by atoms with Crippen LogP contribution in [0, 0.1) is 0 Å². The monoisotopic (exact) mass is 456 g/mol. The lowest BCUT2D eigenvalue weighted by Gasteiger charge is -2.33. The fourth-order valence-electron chi connectivity index (χ4n) is 4.25. The number of anilines is 1. The first-order valence-corrected chi connectivity index (χ1v) is 11.8. The fourth-order valence-corrected chi connectivity index (χ4v) is 4.37. The van der Waals surface area contributed by atoms with Gasteiger partial charge in [0.1, 0.15) is 5.82 Å². The molecule has 32 heavy (non-hydrogen) atoms. The summed E-state index contributed by atoms with van der Waals surface area (Å²) in [6, 6.07) is 12.2. The summed E-state index contributed by atoms with van der Waals surface area (Å²) in [5.41, 5.74) is 2.28. The Hall–Kier alpha value is -2.35. The average Bonchev–Trinajstić information content (AvgIpc) is 2.81. The van der Waals surface area contributed by atoms with Crippen molar-refractivity contribution in [3.05, 3.63) is 58.7 Å². The molecule has 1 aromatic heterocycles. The quantitative estimate of drug-likeness (QED) is 0.699. The molecule has 0 atom stereocenters. The highest BCUT2D eigenvalue weighted by Crippen LogP contribution is 2.16. The molecule has 2 aromatic rings. The van der Waals surface area contributed by atoms with E-state index in [1.165, 1.54) is 5.56 Å². The fraction of sp³-hybridized carbons (Fsp3) is 0.500. The maximum Gasteiger partial charge on any atom is 0.315 e. The number of nitrogens with one attached hydrogen (secondary N) is 2. The molecule has 0 saturated carbocycles. The number of hydrogen-bond acceptors (Lipinski definition) is 5. The lowest BCUT2D eigenvalue weighted by atomic mass is 10.0. The van der Waals surface area contributed by atoms with E-state index < -0.39 is 0 Å². The van der Waals surface area contributed by atoms with Crippen LogP contribution in [0.1, 0.15) is 24.0 Å². The van der Waals surface area contributed by atoms with E-state index in [-0.39, 0.29) is 12.1 Å². The Kier molecular flexibility index (Phi) is 7.84. The molecule has 0 radical (unpaired) electrons. The van der Waals surface area contributed by atoms with Gasteiger partial charge in [-0.2, -0.15) is 0 Å².